The summed E-state index contributed by atoms with van der Waals surface area (Å²) in [6.45, 7) is 2.28. The predicted octanol–water partition coefficient (Wildman–Crippen LogP) is 2.29. The lowest BCUT2D eigenvalue weighted by Gasteiger charge is -2.24. The van der Waals surface area contributed by atoms with Crippen LogP contribution in [-0.4, -0.2) is 62.7 Å². The van der Waals surface area contributed by atoms with Gasteiger partial charge in [0.25, 0.3) is 5.89 Å². The fourth-order valence-electron chi connectivity index (χ4n) is 5.26. The molecule has 6 rings (SSSR count). The second kappa shape index (κ2) is 7.22. The van der Waals surface area contributed by atoms with Crippen molar-refractivity contribution in [1.29, 1.82) is 0 Å². The summed E-state index contributed by atoms with van der Waals surface area (Å²) in [5.41, 5.74) is 4.42. The number of hydrogen-bond donors (Lipinski definition) is 1. The molecule has 2 aromatic heterocycles. The maximum atomic E-state index is 12.4. The molecule has 0 unspecified atom stereocenters. The van der Waals surface area contributed by atoms with Crippen LogP contribution in [0.5, 0.6) is 0 Å². The molecule has 3 aliphatic rings. The van der Waals surface area contributed by atoms with Crippen molar-refractivity contribution in [1.82, 2.24) is 24.9 Å². The van der Waals surface area contributed by atoms with E-state index in [0.29, 0.717) is 24.7 Å². The van der Waals surface area contributed by atoms with E-state index in [2.05, 4.69) is 23.2 Å². The lowest BCUT2D eigenvalue weighted by Crippen LogP contribution is -2.30. The van der Waals surface area contributed by atoms with E-state index in [0.717, 1.165) is 47.8 Å². The quantitative estimate of drug-likeness (QED) is 0.669. The van der Waals surface area contributed by atoms with Gasteiger partial charge in [0.15, 0.2) is 5.01 Å². The van der Waals surface area contributed by atoms with Crippen LogP contribution in [0.3, 0.4) is 0 Å². The molecular weight excluding hydrogens is 414 g/mol. The standard InChI is InChI=1S/C22H23N5O3S/c1-26-6-5-16-17(11-26)31-22(23-16)21-24-20(25-30-21)14-4-2-3-13-15(14)9-12-10-18(29)27(7-8-28)19(12)13/h2-4,12,19,28H,5-11H2,1H3/t12-,19+/m0/s1. The number of aliphatic hydroxyl groups is 1. The smallest absolute Gasteiger partial charge is 0.287 e. The van der Waals surface area contributed by atoms with E-state index < -0.39 is 0 Å². The molecule has 2 aliphatic heterocycles. The van der Waals surface area contributed by atoms with Gasteiger partial charge in [-0.15, -0.1) is 11.3 Å². The van der Waals surface area contributed by atoms with E-state index >= 15 is 0 Å². The van der Waals surface area contributed by atoms with Crippen LogP contribution in [0.1, 0.15) is 34.2 Å². The van der Waals surface area contributed by atoms with Crippen molar-refractivity contribution in [3.63, 3.8) is 0 Å². The van der Waals surface area contributed by atoms with Gasteiger partial charge < -0.3 is 19.4 Å². The van der Waals surface area contributed by atoms with Crippen molar-refractivity contribution in [3.8, 4) is 22.3 Å². The number of likely N-dealkylation sites (tertiary alicyclic amines) is 1. The summed E-state index contributed by atoms with van der Waals surface area (Å²) in [5.74, 6) is 1.40. The predicted molar refractivity (Wildman–Crippen MR) is 114 cm³/mol. The van der Waals surface area contributed by atoms with Crippen LogP contribution in [0.2, 0.25) is 0 Å². The second-order valence-corrected chi connectivity index (χ2v) is 9.68. The van der Waals surface area contributed by atoms with Crippen molar-refractivity contribution in [3.05, 3.63) is 39.9 Å². The Kier molecular flexibility index (Phi) is 4.45. The van der Waals surface area contributed by atoms with Gasteiger partial charge >= 0.3 is 0 Å². The van der Waals surface area contributed by atoms with Crippen LogP contribution >= 0.6 is 11.3 Å². The molecule has 1 aliphatic carbocycles. The first-order valence-corrected chi connectivity index (χ1v) is 11.5. The summed E-state index contributed by atoms with van der Waals surface area (Å²) >= 11 is 1.63. The van der Waals surface area contributed by atoms with E-state index in [1.165, 1.54) is 10.4 Å². The van der Waals surface area contributed by atoms with Crippen molar-refractivity contribution < 1.29 is 14.4 Å². The van der Waals surface area contributed by atoms with Gasteiger partial charge in [0.2, 0.25) is 11.7 Å². The number of carbonyl (C=O) groups is 1. The van der Waals surface area contributed by atoms with Crippen LogP contribution in [0, 0.1) is 5.92 Å². The molecule has 2 atom stereocenters. The SMILES string of the molecule is CN1CCc2nc(-c3nc(-c4cccc5c4C[C@H]4CC(=O)N(CCO)[C@@H]54)no3)sc2C1. The molecule has 1 amide bonds. The normalized spacial score (nSPS) is 22.6. The number of aromatic nitrogens is 3. The van der Waals surface area contributed by atoms with Gasteiger partial charge in [0, 0.05) is 42.9 Å². The minimum atomic E-state index is -0.0221. The molecular formula is C22H23N5O3S. The molecule has 8 nitrogen and oxygen atoms in total. The Morgan fingerprint density at radius 1 is 1.29 bits per heavy atom. The number of rotatable bonds is 4. The molecule has 0 bridgehead atoms. The largest absolute Gasteiger partial charge is 0.395 e. The van der Waals surface area contributed by atoms with E-state index in [4.69, 9.17) is 14.5 Å². The molecule has 0 radical (unpaired) electrons. The molecule has 1 N–H and O–H groups in total. The van der Waals surface area contributed by atoms with Crippen molar-refractivity contribution in [2.24, 2.45) is 5.92 Å². The van der Waals surface area contributed by atoms with Gasteiger partial charge in [0.05, 0.1) is 18.3 Å². The zero-order valence-corrected chi connectivity index (χ0v) is 18.1. The highest BCUT2D eigenvalue weighted by Crippen LogP contribution is 2.49. The first-order chi connectivity index (χ1) is 15.1. The van der Waals surface area contributed by atoms with Gasteiger partial charge in [-0.25, -0.2) is 4.98 Å². The molecule has 3 aromatic rings. The number of benzene rings is 1. The summed E-state index contributed by atoms with van der Waals surface area (Å²) < 4.78 is 5.62. The maximum Gasteiger partial charge on any atom is 0.287 e. The third kappa shape index (κ3) is 3.02. The molecule has 31 heavy (non-hydrogen) atoms. The van der Waals surface area contributed by atoms with Crippen LogP contribution in [0.25, 0.3) is 22.3 Å². The summed E-state index contributed by atoms with van der Waals surface area (Å²) in [4.78, 5) is 27.2. The lowest BCUT2D eigenvalue weighted by atomic mass is 10.0. The third-order valence-electron chi connectivity index (χ3n) is 6.65. The minimum Gasteiger partial charge on any atom is -0.395 e. The highest BCUT2D eigenvalue weighted by molar-refractivity contribution is 7.15. The first kappa shape index (κ1) is 19.1. The summed E-state index contributed by atoms with van der Waals surface area (Å²) in [5, 5.41) is 14.5. The molecule has 1 fully saturated rings. The average molecular weight is 438 g/mol. The molecule has 0 spiro atoms. The van der Waals surface area contributed by atoms with Gasteiger partial charge in [0.1, 0.15) is 0 Å². The van der Waals surface area contributed by atoms with Crippen LogP contribution in [0.4, 0.5) is 0 Å². The Morgan fingerprint density at radius 2 is 2.19 bits per heavy atom. The van der Waals surface area contributed by atoms with E-state index in [1.54, 1.807) is 11.3 Å². The number of fused-ring (bicyclic) bond motifs is 4. The Hall–Kier alpha value is -2.62. The van der Waals surface area contributed by atoms with Gasteiger partial charge in [-0.05, 0) is 30.5 Å². The number of carbonyl (C=O) groups excluding carboxylic acids is 1. The van der Waals surface area contributed by atoms with Crippen LogP contribution < -0.4 is 0 Å². The average Bonchev–Trinajstić information content (AvgIpc) is 3.51. The number of β-amino-alcohol motifs (C(OH)–C–C–N with tert-alkyl or cyclic N) is 1. The number of amides is 1. The summed E-state index contributed by atoms with van der Waals surface area (Å²) in [6.07, 6.45) is 2.28. The highest BCUT2D eigenvalue weighted by atomic mass is 32.1. The Bertz CT molecular complexity index is 1170. The van der Waals surface area contributed by atoms with Gasteiger partial charge in [-0.2, -0.15) is 4.98 Å². The number of nitrogens with zero attached hydrogens (tertiary/aromatic N) is 5. The Morgan fingerprint density at radius 3 is 3.06 bits per heavy atom. The Balaban J connectivity index is 1.34. The maximum absolute atomic E-state index is 12.4. The molecule has 0 saturated carbocycles. The zero-order valence-electron chi connectivity index (χ0n) is 17.2. The highest BCUT2D eigenvalue weighted by Gasteiger charge is 2.46. The van der Waals surface area contributed by atoms with Crippen molar-refractivity contribution >= 4 is 17.2 Å². The van der Waals surface area contributed by atoms with Gasteiger partial charge in [-0.3, -0.25) is 4.79 Å². The molecule has 160 valence electrons. The summed E-state index contributed by atoms with van der Waals surface area (Å²) in [6, 6.07) is 6.13. The molecule has 1 saturated heterocycles. The summed E-state index contributed by atoms with van der Waals surface area (Å²) in [7, 11) is 2.12. The van der Waals surface area contributed by atoms with Gasteiger partial charge in [-0.1, -0.05) is 23.4 Å². The molecule has 1 aromatic carbocycles. The number of likely N-dealkylation sites (N-methyl/N-ethyl adjacent to an activating group) is 1. The molecule has 9 heteroatoms. The zero-order chi connectivity index (χ0) is 21.1. The topological polar surface area (TPSA) is 95.6 Å². The van der Waals surface area contributed by atoms with E-state index in [-0.39, 0.29) is 24.5 Å². The monoisotopic (exact) mass is 437 g/mol. The van der Waals surface area contributed by atoms with Crippen molar-refractivity contribution in [2.75, 3.05) is 26.7 Å². The second-order valence-electron chi connectivity index (χ2n) is 8.60. The first-order valence-electron chi connectivity index (χ1n) is 10.7. The van der Waals surface area contributed by atoms with Crippen LogP contribution in [0.15, 0.2) is 22.7 Å². The fourth-order valence-corrected chi connectivity index (χ4v) is 6.37. The van der Waals surface area contributed by atoms with Crippen molar-refractivity contribution in [2.45, 2.75) is 31.8 Å². The number of aliphatic hydroxyl groups excluding tert-OH is 1. The van der Waals surface area contributed by atoms with Crippen LogP contribution in [-0.2, 0) is 24.2 Å². The third-order valence-corrected chi connectivity index (χ3v) is 7.72. The lowest BCUT2D eigenvalue weighted by molar-refractivity contribution is -0.129. The fraction of sp³-hybridized carbons (Fsp3) is 0.455. The number of thiazole rings is 1. The van der Waals surface area contributed by atoms with E-state index in [9.17, 15) is 9.90 Å². The number of hydrogen-bond acceptors (Lipinski definition) is 8. The molecule has 4 heterocycles. The Labute approximate surface area is 183 Å². The minimum absolute atomic E-state index is 0.0221. The van der Waals surface area contributed by atoms with E-state index in [1.807, 2.05) is 17.0 Å².